The molecule has 0 saturated carbocycles. The van der Waals surface area contributed by atoms with E-state index in [0.29, 0.717) is 20.7 Å². The lowest BCUT2D eigenvalue weighted by molar-refractivity contribution is -0.380. The summed E-state index contributed by atoms with van der Waals surface area (Å²) in [7, 11) is 0. The fourth-order valence-electron chi connectivity index (χ4n) is 2.22. The number of nitrogens with one attached hydrogen (secondary N) is 1. The van der Waals surface area contributed by atoms with Crippen molar-refractivity contribution in [3.8, 4) is 0 Å². The summed E-state index contributed by atoms with van der Waals surface area (Å²) >= 11 is 2.13. The molecule has 2 heterocycles. The minimum absolute atomic E-state index is 0.0464. The Labute approximate surface area is 156 Å². The van der Waals surface area contributed by atoms with Gasteiger partial charge in [-0.3, -0.25) is 20.2 Å². The van der Waals surface area contributed by atoms with Gasteiger partial charge in [0.1, 0.15) is 0 Å². The van der Waals surface area contributed by atoms with Crippen LogP contribution in [0, 0.1) is 24.0 Å². The molecule has 132 valence electrons. The first-order valence-corrected chi connectivity index (χ1v) is 9.05. The Kier molecular flexibility index (Phi) is 5.14. The summed E-state index contributed by atoms with van der Waals surface area (Å²) in [6, 6.07) is 8.61. The third-order valence-electron chi connectivity index (χ3n) is 3.21. The second-order valence-corrected chi connectivity index (χ2v) is 7.46. The smallest absolute Gasteiger partial charge is 0.296 e. The van der Waals surface area contributed by atoms with Crippen LogP contribution in [-0.4, -0.2) is 27.2 Å². The van der Waals surface area contributed by atoms with E-state index in [9.17, 15) is 14.9 Å². The number of carbonyl (C=O) groups excluding carboxylic acids is 1. The van der Waals surface area contributed by atoms with Gasteiger partial charge in [0.25, 0.3) is 5.91 Å². The minimum Gasteiger partial charge on any atom is -0.296 e. The maximum Gasteiger partial charge on any atom is 0.324 e. The SMILES string of the molecule is Cc1cc(C)cc(C(=O)Nc2nnc(/N=C/c3ccc([N+](=O)[O-])s3)s2)c1. The second-order valence-electron chi connectivity index (χ2n) is 5.41. The molecule has 0 saturated heterocycles. The summed E-state index contributed by atoms with van der Waals surface area (Å²) in [6.07, 6.45) is 1.48. The number of aliphatic imine (C=N–C) groups is 1. The Morgan fingerprint density at radius 2 is 1.92 bits per heavy atom. The Morgan fingerprint density at radius 1 is 1.19 bits per heavy atom. The number of anilines is 1. The van der Waals surface area contributed by atoms with Crippen molar-refractivity contribution in [2.45, 2.75) is 13.8 Å². The van der Waals surface area contributed by atoms with E-state index in [0.717, 1.165) is 33.8 Å². The van der Waals surface area contributed by atoms with Gasteiger partial charge in [-0.1, -0.05) is 39.9 Å². The highest BCUT2D eigenvalue weighted by Gasteiger charge is 2.11. The second kappa shape index (κ2) is 7.50. The summed E-state index contributed by atoms with van der Waals surface area (Å²) in [4.78, 5) is 27.3. The van der Waals surface area contributed by atoms with Crippen molar-refractivity contribution in [3.05, 3.63) is 62.0 Å². The molecule has 0 bridgehead atoms. The van der Waals surface area contributed by atoms with Crippen LogP contribution in [0.15, 0.2) is 35.3 Å². The maximum absolute atomic E-state index is 12.3. The van der Waals surface area contributed by atoms with Gasteiger partial charge in [0.05, 0.1) is 9.80 Å². The molecule has 0 unspecified atom stereocenters. The third-order valence-corrected chi connectivity index (χ3v) is 4.93. The lowest BCUT2D eigenvalue weighted by atomic mass is 10.1. The van der Waals surface area contributed by atoms with Crippen LogP contribution >= 0.6 is 22.7 Å². The highest BCUT2D eigenvalue weighted by atomic mass is 32.1. The number of nitrogens with zero attached hydrogens (tertiary/aromatic N) is 4. The first-order valence-electron chi connectivity index (χ1n) is 7.42. The number of aromatic nitrogens is 2. The number of rotatable bonds is 5. The molecule has 1 aromatic carbocycles. The van der Waals surface area contributed by atoms with Crippen LogP contribution in [0.1, 0.15) is 26.4 Å². The zero-order valence-electron chi connectivity index (χ0n) is 13.8. The molecule has 0 spiro atoms. The molecule has 10 heteroatoms. The average Bonchev–Trinajstić information content (AvgIpc) is 3.21. The molecule has 8 nitrogen and oxygen atoms in total. The number of carbonyl (C=O) groups is 1. The van der Waals surface area contributed by atoms with Crippen LogP contribution in [0.5, 0.6) is 0 Å². The molecule has 3 rings (SSSR count). The van der Waals surface area contributed by atoms with Crippen molar-refractivity contribution in [1.82, 2.24) is 10.2 Å². The summed E-state index contributed by atoms with van der Waals surface area (Å²) in [5.41, 5.74) is 2.55. The number of hydrogen-bond acceptors (Lipinski definition) is 8. The van der Waals surface area contributed by atoms with Crippen LogP contribution < -0.4 is 5.32 Å². The van der Waals surface area contributed by atoms with Gasteiger partial charge in [-0.2, -0.15) is 0 Å². The zero-order chi connectivity index (χ0) is 18.7. The van der Waals surface area contributed by atoms with Crippen LogP contribution in [-0.2, 0) is 0 Å². The minimum atomic E-state index is -0.451. The third kappa shape index (κ3) is 4.35. The van der Waals surface area contributed by atoms with Gasteiger partial charge < -0.3 is 0 Å². The molecule has 1 N–H and O–H groups in total. The van der Waals surface area contributed by atoms with E-state index >= 15 is 0 Å². The fraction of sp³-hybridized carbons (Fsp3) is 0.125. The Hall–Kier alpha value is -2.98. The van der Waals surface area contributed by atoms with Crippen LogP contribution in [0.4, 0.5) is 15.3 Å². The molecule has 0 aliphatic heterocycles. The van der Waals surface area contributed by atoms with E-state index in [1.165, 1.54) is 12.3 Å². The van der Waals surface area contributed by atoms with Gasteiger partial charge in [0.15, 0.2) is 0 Å². The van der Waals surface area contributed by atoms with Crippen LogP contribution in [0.25, 0.3) is 0 Å². The molecule has 0 aliphatic carbocycles. The molecular formula is C16H13N5O3S2. The molecule has 0 atom stereocenters. The predicted octanol–water partition coefficient (Wildman–Crippen LogP) is 4.13. The Morgan fingerprint density at radius 3 is 2.58 bits per heavy atom. The fourth-order valence-corrected chi connectivity index (χ4v) is 3.50. The topological polar surface area (TPSA) is 110 Å². The van der Waals surface area contributed by atoms with E-state index < -0.39 is 4.92 Å². The number of nitro groups is 1. The van der Waals surface area contributed by atoms with E-state index in [4.69, 9.17) is 0 Å². The van der Waals surface area contributed by atoms with Crippen molar-refractivity contribution in [2.24, 2.45) is 4.99 Å². The number of thiophene rings is 1. The normalized spacial score (nSPS) is 11.0. The first-order chi connectivity index (χ1) is 12.4. The summed E-state index contributed by atoms with van der Waals surface area (Å²) in [6.45, 7) is 3.85. The number of aryl methyl sites for hydroxylation is 2. The molecule has 2 aromatic heterocycles. The zero-order valence-corrected chi connectivity index (χ0v) is 15.4. The van der Waals surface area contributed by atoms with Gasteiger partial charge in [0.2, 0.25) is 10.3 Å². The predicted molar refractivity (Wildman–Crippen MR) is 102 cm³/mol. The maximum atomic E-state index is 12.3. The lowest BCUT2D eigenvalue weighted by Gasteiger charge is -2.04. The van der Waals surface area contributed by atoms with Crippen molar-refractivity contribution in [2.75, 3.05) is 5.32 Å². The lowest BCUT2D eigenvalue weighted by Crippen LogP contribution is -2.12. The van der Waals surface area contributed by atoms with Crippen molar-refractivity contribution < 1.29 is 9.72 Å². The van der Waals surface area contributed by atoms with Crippen molar-refractivity contribution in [1.29, 1.82) is 0 Å². The first kappa shape index (κ1) is 17.8. The molecule has 0 aliphatic rings. The Balaban J connectivity index is 1.68. The molecule has 0 fully saturated rings. The summed E-state index contributed by atoms with van der Waals surface area (Å²) in [5, 5.41) is 21.9. The number of benzene rings is 1. The van der Waals surface area contributed by atoms with Crippen molar-refractivity contribution in [3.63, 3.8) is 0 Å². The largest absolute Gasteiger partial charge is 0.324 e. The monoisotopic (exact) mass is 387 g/mol. The van der Waals surface area contributed by atoms with Gasteiger partial charge in [0, 0.05) is 17.8 Å². The van der Waals surface area contributed by atoms with Crippen LogP contribution in [0.2, 0.25) is 0 Å². The molecular weight excluding hydrogens is 374 g/mol. The van der Waals surface area contributed by atoms with E-state index in [1.54, 1.807) is 18.2 Å². The molecule has 3 aromatic rings. The summed E-state index contributed by atoms with van der Waals surface area (Å²) < 4.78 is 0. The number of amides is 1. The summed E-state index contributed by atoms with van der Waals surface area (Å²) in [5.74, 6) is -0.266. The molecule has 0 radical (unpaired) electrons. The van der Waals surface area contributed by atoms with Gasteiger partial charge in [-0.15, -0.1) is 10.2 Å². The molecule has 26 heavy (non-hydrogen) atoms. The quantitative estimate of drug-likeness (QED) is 0.402. The average molecular weight is 387 g/mol. The number of hydrogen-bond donors (Lipinski definition) is 1. The van der Waals surface area contributed by atoms with Crippen LogP contribution in [0.3, 0.4) is 0 Å². The van der Waals surface area contributed by atoms with E-state index in [1.807, 2.05) is 19.9 Å². The highest BCUT2D eigenvalue weighted by molar-refractivity contribution is 7.19. The van der Waals surface area contributed by atoms with Crippen molar-refractivity contribution >= 4 is 50.1 Å². The van der Waals surface area contributed by atoms with Gasteiger partial charge in [-0.05, 0) is 32.0 Å². The molecule has 1 amide bonds. The van der Waals surface area contributed by atoms with E-state index in [-0.39, 0.29) is 10.9 Å². The standard InChI is InChI=1S/C16H13N5O3S2/c1-9-5-10(2)7-11(6-9)14(22)18-16-20-19-15(26-16)17-8-12-3-4-13(25-12)21(23)24/h3-8H,1-2H3,(H,18,20,22)/b17-8+. The Bertz CT molecular complexity index is 989. The van der Waals surface area contributed by atoms with E-state index in [2.05, 4.69) is 20.5 Å². The highest BCUT2D eigenvalue weighted by Crippen LogP contribution is 2.26. The van der Waals surface area contributed by atoms with Gasteiger partial charge in [-0.25, -0.2) is 4.99 Å². The van der Waals surface area contributed by atoms with Gasteiger partial charge >= 0.3 is 5.00 Å².